The Morgan fingerprint density at radius 2 is 0.906 bits per heavy atom. The van der Waals surface area contributed by atoms with Crippen molar-refractivity contribution in [2.75, 3.05) is 4.90 Å². The molecule has 2 aliphatic rings. The summed E-state index contributed by atoms with van der Waals surface area (Å²) >= 11 is 0. The Kier molecular flexibility index (Phi) is 6.94. The third-order valence-electron chi connectivity index (χ3n) is 12.1. The van der Waals surface area contributed by atoms with Gasteiger partial charge in [0.2, 0.25) is 0 Å². The van der Waals surface area contributed by atoms with E-state index in [9.17, 15) is 0 Å². The van der Waals surface area contributed by atoms with Gasteiger partial charge in [0.25, 0.3) is 0 Å². The fourth-order valence-corrected chi connectivity index (χ4v) is 9.34. The van der Waals surface area contributed by atoms with Crippen LogP contribution in [0.5, 0.6) is 0 Å². The van der Waals surface area contributed by atoms with Gasteiger partial charge in [-0.3, -0.25) is 0 Å². The van der Waals surface area contributed by atoms with E-state index in [0.29, 0.717) is 0 Å². The maximum absolute atomic E-state index is 2.50. The minimum Gasteiger partial charge on any atom is -0.310 e. The third-order valence-corrected chi connectivity index (χ3v) is 12.1. The van der Waals surface area contributed by atoms with Gasteiger partial charge in [-0.25, -0.2) is 0 Å². The first-order chi connectivity index (χ1) is 25.8. The first-order valence-corrected chi connectivity index (χ1v) is 18.8. The number of hydrogen-bond donors (Lipinski definition) is 0. The minimum absolute atomic E-state index is 0.0641. The molecule has 0 heterocycles. The predicted molar refractivity (Wildman–Crippen MR) is 225 cm³/mol. The summed E-state index contributed by atoms with van der Waals surface area (Å²) in [6.07, 6.45) is 0. The average molecular weight is 680 g/mol. The number of nitrogens with zero attached hydrogens (tertiary/aromatic N) is 1. The lowest BCUT2D eigenvalue weighted by Crippen LogP contribution is -2.16. The molecule has 0 amide bonds. The maximum Gasteiger partial charge on any atom is 0.0546 e. The minimum atomic E-state index is -0.109. The van der Waals surface area contributed by atoms with Gasteiger partial charge in [-0.2, -0.15) is 0 Å². The molecule has 1 heteroatoms. The van der Waals surface area contributed by atoms with Crippen LogP contribution in [-0.4, -0.2) is 0 Å². The SMILES string of the molecule is CC1(C)c2ccccc2-c2cc(N(c3ccc4ccccc4c3)c3cccc(-c4ccccc4)c3-c3ccc4c(c3)C(C)(C)c3ccccc3-4)ccc21. The molecule has 10 rings (SSSR count). The average Bonchev–Trinajstić information content (AvgIpc) is 3.57. The number of benzene rings is 8. The molecule has 1 nitrogen and oxygen atoms in total. The van der Waals surface area contributed by atoms with Gasteiger partial charge in [0.15, 0.2) is 0 Å². The summed E-state index contributed by atoms with van der Waals surface area (Å²) in [4.78, 5) is 2.50. The van der Waals surface area contributed by atoms with Crippen molar-refractivity contribution in [3.63, 3.8) is 0 Å². The first kappa shape index (κ1) is 31.5. The topological polar surface area (TPSA) is 3.24 Å². The normalized spacial score (nSPS) is 14.3. The fraction of sp³-hybridized carbons (Fsp3) is 0.115. The Labute approximate surface area is 312 Å². The highest BCUT2D eigenvalue weighted by molar-refractivity contribution is 6.00. The second-order valence-corrected chi connectivity index (χ2v) is 15.8. The predicted octanol–water partition coefficient (Wildman–Crippen LogP) is 14.3. The van der Waals surface area contributed by atoms with E-state index in [-0.39, 0.29) is 10.8 Å². The summed E-state index contributed by atoms with van der Waals surface area (Å²) < 4.78 is 0. The van der Waals surface area contributed by atoms with Crippen molar-refractivity contribution in [2.45, 2.75) is 38.5 Å². The van der Waals surface area contributed by atoms with Crippen LogP contribution >= 0.6 is 0 Å². The van der Waals surface area contributed by atoms with Crippen molar-refractivity contribution in [2.24, 2.45) is 0 Å². The largest absolute Gasteiger partial charge is 0.310 e. The molecule has 0 aliphatic heterocycles. The molecule has 0 atom stereocenters. The molecule has 0 spiro atoms. The van der Waals surface area contributed by atoms with Crippen LogP contribution in [0.15, 0.2) is 176 Å². The van der Waals surface area contributed by atoms with Crippen LogP contribution in [0.1, 0.15) is 49.9 Å². The van der Waals surface area contributed by atoms with E-state index in [0.717, 1.165) is 17.1 Å². The lowest BCUT2D eigenvalue weighted by atomic mass is 9.81. The van der Waals surface area contributed by atoms with Crippen molar-refractivity contribution in [1.29, 1.82) is 0 Å². The highest BCUT2D eigenvalue weighted by Crippen LogP contribution is 2.54. The molecular formula is C52H41N. The number of fused-ring (bicyclic) bond motifs is 7. The molecule has 0 radical (unpaired) electrons. The zero-order chi connectivity index (χ0) is 35.9. The second kappa shape index (κ2) is 11.7. The monoisotopic (exact) mass is 679 g/mol. The number of hydrogen-bond acceptors (Lipinski definition) is 1. The van der Waals surface area contributed by atoms with E-state index in [1.165, 1.54) is 77.5 Å². The van der Waals surface area contributed by atoms with Crippen molar-refractivity contribution in [3.05, 3.63) is 198 Å². The van der Waals surface area contributed by atoms with Crippen LogP contribution in [0.25, 0.3) is 55.3 Å². The number of rotatable bonds is 5. The zero-order valence-corrected chi connectivity index (χ0v) is 30.7. The molecule has 0 aromatic heterocycles. The van der Waals surface area contributed by atoms with Gasteiger partial charge in [0, 0.05) is 27.8 Å². The Hall–Kier alpha value is -6.18. The lowest BCUT2D eigenvalue weighted by molar-refractivity contribution is 0.660. The summed E-state index contributed by atoms with van der Waals surface area (Å²) in [5.41, 5.74) is 19.0. The molecule has 0 fully saturated rings. The van der Waals surface area contributed by atoms with Crippen molar-refractivity contribution < 1.29 is 0 Å². The summed E-state index contributed by atoms with van der Waals surface area (Å²) in [5.74, 6) is 0. The van der Waals surface area contributed by atoms with E-state index >= 15 is 0 Å². The molecule has 0 saturated heterocycles. The van der Waals surface area contributed by atoms with Crippen molar-refractivity contribution >= 4 is 27.8 Å². The van der Waals surface area contributed by atoms with Crippen LogP contribution in [0.4, 0.5) is 17.1 Å². The standard InChI is InChI=1S/C52H41N/c1-51(2)46-23-13-11-20-42(46)44-33-39(28-30-47(44)51)53(38-27-25-34-15-8-9-18-36(34)31-38)49-24-14-21-40(35-16-6-5-7-17-35)50(49)37-26-29-43-41-19-10-12-22-45(41)52(3,4)48(43)32-37/h5-33H,1-4H3. The molecule has 254 valence electrons. The summed E-state index contributed by atoms with van der Waals surface area (Å²) in [5, 5.41) is 2.46. The molecule has 8 aromatic carbocycles. The zero-order valence-electron chi connectivity index (χ0n) is 30.7. The van der Waals surface area contributed by atoms with E-state index < -0.39 is 0 Å². The Bertz CT molecular complexity index is 2730. The van der Waals surface area contributed by atoms with Gasteiger partial charge in [-0.05, 0) is 108 Å². The van der Waals surface area contributed by atoms with Crippen LogP contribution in [0.3, 0.4) is 0 Å². The van der Waals surface area contributed by atoms with Gasteiger partial charge in [0.05, 0.1) is 5.69 Å². The van der Waals surface area contributed by atoms with E-state index in [1.54, 1.807) is 0 Å². The Balaban J connectivity index is 1.26. The van der Waals surface area contributed by atoms with Crippen LogP contribution in [0, 0.1) is 0 Å². The molecule has 0 saturated carbocycles. The molecule has 53 heavy (non-hydrogen) atoms. The van der Waals surface area contributed by atoms with Gasteiger partial charge in [-0.1, -0.05) is 167 Å². The van der Waals surface area contributed by atoms with Gasteiger partial charge in [-0.15, -0.1) is 0 Å². The smallest absolute Gasteiger partial charge is 0.0546 e. The van der Waals surface area contributed by atoms with Crippen LogP contribution in [0.2, 0.25) is 0 Å². The van der Waals surface area contributed by atoms with E-state index in [1.807, 2.05) is 0 Å². The maximum atomic E-state index is 2.50. The summed E-state index contributed by atoms with van der Waals surface area (Å²) in [6, 6.07) is 65.5. The molecule has 0 unspecified atom stereocenters. The van der Waals surface area contributed by atoms with Crippen LogP contribution in [-0.2, 0) is 10.8 Å². The molecular weight excluding hydrogens is 639 g/mol. The summed E-state index contributed by atoms with van der Waals surface area (Å²) in [7, 11) is 0. The summed E-state index contributed by atoms with van der Waals surface area (Å²) in [6.45, 7) is 9.45. The second-order valence-electron chi connectivity index (χ2n) is 15.8. The lowest BCUT2D eigenvalue weighted by Gasteiger charge is -2.31. The van der Waals surface area contributed by atoms with Gasteiger partial charge >= 0.3 is 0 Å². The van der Waals surface area contributed by atoms with Gasteiger partial charge < -0.3 is 4.90 Å². The third kappa shape index (κ3) is 4.77. The quantitative estimate of drug-likeness (QED) is 0.175. The van der Waals surface area contributed by atoms with Crippen LogP contribution < -0.4 is 4.90 Å². The molecule has 8 aromatic rings. The van der Waals surface area contributed by atoms with E-state index in [2.05, 4.69) is 209 Å². The first-order valence-electron chi connectivity index (χ1n) is 18.8. The molecule has 0 N–H and O–H groups in total. The Morgan fingerprint density at radius 3 is 1.68 bits per heavy atom. The fourth-order valence-electron chi connectivity index (χ4n) is 9.34. The highest BCUT2D eigenvalue weighted by Gasteiger charge is 2.37. The highest BCUT2D eigenvalue weighted by atomic mass is 15.1. The molecule has 0 bridgehead atoms. The van der Waals surface area contributed by atoms with Crippen molar-refractivity contribution in [3.8, 4) is 44.5 Å². The number of anilines is 3. The van der Waals surface area contributed by atoms with Gasteiger partial charge in [0.1, 0.15) is 0 Å². The van der Waals surface area contributed by atoms with Crippen molar-refractivity contribution in [1.82, 2.24) is 0 Å². The van der Waals surface area contributed by atoms with E-state index in [4.69, 9.17) is 0 Å². The molecule has 2 aliphatic carbocycles. The Morgan fingerprint density at radius 1 is 0.340 bits per heavy atom.